The summed E-state index contributed by atoms with van der Waals surface area (Å²) in [5, 5.41) is 5.23. The van der Waals surface area contributed by atoms with Crippen molar-refractivity contribution < 1.29 is 14.0 Å². The van der Waals surface area contributed by atoms with Gasteiger partial charge in [-0.05, 0) is 42.2 Å². The van der Waals surface area contributed by atoms with Crippen LogP contribution in [0.1, 0.15) is 19.4 Å². The second-order valence-electron chi connectivity index (χ2n) is 6.82. The third-order valence-electron chi connectivity index (χ3n) is 4.55. The van der Waals surface area contributed by atoms with Crippen LogP contribution in [0.2, 0.25) is 5.02 Å². The molecule has 0 aliphatic carbocycles. The van der Waals surface area contributed by atoms with Crippen LogP contribution in [0.25, 0.3) is 0 Å². The van der Waals surface area contributed by atoms with Crippen LogP contribution in [0, 0.1) is 11.7 Å². The molecule has 0 unspecified atom stereocenters. The van der Waals surface area contributed by atoms with E-state index in [2.05, 4.69) is 10.6 Å². The van der Waals surface area contributed by atoms with Crippen LogP contribution < -0.4 is 15.5 Å². The smallest absolute Gasteiger partial charge is 0.319 e. The number of para-hydroxylation sites is 1. The van der Waals surface area contributed by atoms with Crippen LogP contribution >= 0.6 is 11.6 Å². The Kier molecular flexibility index (Phi) is 5.65. The van der Waals surface area contributed by atoms with Crippen molar-refractivity contribution in [1.29, 1.82) is 0 Å². The fourth-order valence-corrected chi connectivity index (χ4v) is 3.31. The standard InChI is InChI=1S/C20H21ClFN3O2/c1-12(2)18(19(26)25-10-9-13-5-3-4-6-17(13)25)24-20(27)23-14-7-8-16(22)15(21)11-14/h3-8,11-12,18H,9-10H2,1-2H3,(H2,23,24,27)/t18-/m0/s1. The molecule has 2 aromatic rings. The summed E-state index contributed by atoms with van der Waals surface area (Å²) >= 11 is 5.73. The third-order valence-corrected chi connectivity index (χ3v) is 4.84. The van der Waals surface area contributed by atoms with Crippen molar-refractivity contribution in [2.45, 2.75) is 26.3 Å². The minimum atomic E-state index is -0.688. The number of halogens is 2. The number of rotatable bonds is 4. The summed E-state index contributed by atoms with van der Waals surface area (Å²) in [6, 6.07) is 10.4. The van der Waals surface area contributed by atoms with Crippen molar-refractivity contribution in [1.82, 2.24) is 5.32 Å². The molecule has 27 heavy (non-hydrogen) atoms. The van der Waals surface area contributed by atoms with Crippen molar-refractivity contribution in [3.63, 3.8) is 0 Å². The summed E-state index contributed by atoms with van der Waals surface area (Å²) in [6.45, 7) is 4.34. The highest BCUT2D eigenvalue weighted by molar-refractivity contribution is 6.31. The van der Waals surface area contributed by atoms with Gasteiger partial charge in [0, 0.05) is 17.9 Å². The molecule has 7 heteroatoms. The van der Waals surface area contributed by atoms with Gasteiger partial charge in [-0.1, -0.05) is 43.6 Å². The molecule has 0 fully saturated rings. The number of hydrogen-bond acceptors (Lipinski definition) is 2. The van der Waals surface area contributed by atoms with E-state index in [0.717, 1.165) is 17.7 Å². The number of hydrogen-bond donors (Lipinski definition) is 2. The van der Waals surface area contributed by atoms with E-state index >= 15 is 0 Å². The van der Waals surface area contributed by atoms with Gasteiger partial charge in [0.25, 0.3) is 0 Å². The highest BCUT2D eigenvalue weighted by atomic mass is 35.5. The van der Waals surface area contributed by atoms with E-state index in [1.54, 1.807) is 4.90 Å². The fourth-order valence-electron chi connectivity index (χ4n) is 3.13. The molecule has 0 spiro atoms. The summed E-state index contributed by atoms with van der Waals surface area (Å²) < 4.78 is 13.2. The van der Waals surface area contributed by atoms with Crippen LogP contribution in [0.5, 0.6) is 0 Å². The molecule has 3 amide bonds. The van der Waals surface area contributed by atoms with Crippen LogP contribution in [0.15, 0.2) is 42.5 Å². The molecule has 1 aliphatic rings. The summed E-state index contributed by atoms with van der Waals surface area (Å²) in [6.07, 6.45) is 0.799. The average Bonchev–Trinajstić information content (AvgIpc) is 3.06. The Bertz CT molecular complexity index is 872. The minimum absolute atomic E-state index is 0.0852. The Balaban J connectivity index is 1.71. The van der Waals surface area contributed by atoms with Gasteiger partial charge in [0.1, 0.15) is 11.9 Å². The molecule has 0 aromatic heterocycles. The number of benzene rings is 2. The molecule has 2 aromatic carbocycles. The van der Waals surface area contributed by atoms with Crippen LogP contribution in [0.4, 0.5) is 20.6 Å². The molecule has 5 nitrogen and oxygen atoms in total. The number of urea groups is 1. The van der Waals surface area contributed by atoms with Gasteiger partial charge in [0.15, 0.2) is 0 Å². The van der Waals surface area contributed by atoms with Crippen LogP contribution in [-0.2, 0) is 11.2 Å². The van der Waals surface area contributed by atoms with E-state index in [1.165, 1.54) is 18.2 Å². The third kappa shape index (κ3) is 4.22. The van der Waals surface area contributed by atoms with Gasteiger partial charge in [0.2, 0.25) is 5.91 Å². The molecule has 1 atom stereocenters. The number of nitrogens with one attached hydrogen (secondary N) is 2. The first-order valence-corrected chi connectivity index (χ1v) is 9.16. The number of anilines is 2. The molecular weight excluding hydrogens is 369 g/mol. The highest BCUT2D eigenvalue weighted by Crippen LogP contribution is 2.28. The Hall–Kier alpha value is -2.60. The molecule has 2 N–H and O–H groups in total. The number of carbonyl (C=O) groups excluding carboxylic acids is 2. The molecule has 142 valence electrons. The number of carbonyl (C=O) groups is 2. The summed E-state index contributed by atoms with van der Waals surface area (Å²) in [5.74, 6) is -0.819. The van der Waals surface area contributed by atoms with E-state index in [4.69, 9.17) is 11.6 Å². The average molecular weight is 390 g/mol. The van der Waals surface area contributed by atoms with Gasteiger partial charge < -0.3 is 15.5 Å². The number of amides is 3. The van der Waals surface area contributed by atoms with E-state index < -0.39 is 17.9 Å². The SMILES string of the molecule is CC(C)[C@H](NC(=O)Nc1ccc(F)c(Cl)c1)C(=O)N1CCc2ccccc21. The largest absolute Gasteiger partial charge is 0.326 e. The lowest BCUT2D eigenvalue weighted by Gasteiger charge is -2.27. The van der Waals surface area contributed by atoms with Crippen LogP contribution in [0.3, 0.4) is 0 Å². The fraction of sp³-hybridized carbons (Fsp3) is 0.300. The van der Waals surface area contributed by atoms with E-state index in [-0.39, 0.29) is 16.8 Å². The second-order valence-corrected chi connectivity index (χ2v) is 7.22. The lowest BCUT2D eigenvalue weighted by Crippen LogP contribution is -2.52. The van der Waals surface area contributed by atoms with Crippen molar-refractivity contribution in [3.8, 4) is 0 Å². The van der Waals surface area contributed by atoms with E-state index in [1.807, 2.05) is 38.1 Å². The molecule has 1 heterocycles. The van der Waals surface area contributed by atoms with Crippen molar-refractivity contribution in [2.75, 3.05) is 16.8 Å². The Morgan fingerprint density at radius 3 is 2.63 bits per heavy atom. The van der Waals surface area contributed by atoms with Gasteiger partial charge in [-0.15, -0.1) is 0 Å². The zero-order chi connectivity index (χ0) is 19.6. The number of nitrogens with zero attached hydrogens (tertiary/aromatic N) is 1. The maximum absolute atomic E-state index is 13.2. The lowest BCUT2D eigenvalue weighted by atomic mass is 10.0. The zero-order valence-electron chi connectivity index (χ0n) is 15.1. The minimum Gasteiger partial charge on any atom is -0.326 e. The zero-order valence-corrected chi connectivity index (χ0v) is 15.9. The topological polar surface area (TPSA) is 61.4 Å². The second kappa shape index (κ2) is 7.96. The number of fused-ring (bicyclic) bond motifs is 1. The van der Waals surface area contributed by atoms with Crippen molar-refractivity contribution in [3.05, 3.63) is 58.9 Å². The predicted molar refractivity (Wildman–Crippen MR) is 105 cm³/mol. The van der Waals surface area contributed by atoms with Crippen molar-refractivity contribution in [2.24, 2.45) is 5.92 Å². The lowest BCUT2D eigenvalue weighted by molar-refractivity contribution is -0.121. The summed E-state index contributed by atoms with van der Waals surface area (Å²) in [7, 11) is 0. The maximum Gasteiger partial charge on any atom is 0.319 e. The monoisotopic (exact) mass is 389 g/mol. The Morgan fingerprint density at radius 1 is 1.19 bits per heavy atom. The first-order valence-electron chi connectivity index (χ1n) is 8.78. The Morgan fingerprint density at radius 2 is 1.93 bits per heavy atom. The molecule has 0 saturated carbocycles. The Labute approximate surface area is 162 Å². The van der Waals surface area contributed by atoms with Gasteiger partial charge in [-0.25, -0.2) is 9.18 Å². The van der Waals surface area contributed by atoms with E-state index in [0.29, 0.717) is 12.2 Å². The summed E-state index contributed by atoms with van der Waals surface area (Å²) in [4.78, 5) is 27.1. The van der Waals surface area contributed by atoms with E-state index in [9.17, 15) is 14.0 Å². The van der Waals surface area contributed by atoms with Gasteiger partial charge in [0.05, 0.1) is 5.02 Å². The van der Waals surface area contributed by atoms with Gasteiger partial charge >= 0.3 is 6.03 Å². The molecule has 0 bridgehead atoms. The quantitative estimate of drug-likeness (QED) is 0.822. The maximum atomic E-state index is 13.2. The van der Waals surface area contributed by atoms with Crippen molar-refractivity contribution >= 4 is 34.9 Å². The first kappa shape index (κ1) is 19.2. The molecule has 0 radical (unpaired) electrons. The first-order chi connectivity index (χ1) is 12.9. The molecular formula is C20H21ClFN3O2. The normalized spacial score (nSPS) is 14.0. The van der Waals surface area contributed by atoms with Gasteiger partial charge in [-0.2, -0.15) is 0 Å². The summed E-state index contributed by atoms with van der Waals surface area (Å²) in [5.41, 5.74) is 2.36. The molecule has 0 saturated heterocycles. The molecule has 1 aliphatic heterocycles. The predicted octanol–water partition coefficient (Wildman–Crippen LogP) is 4.21. The highest BCUT2D eigenvalue weighted by Gasteiger charge is 2.32. The molecule has 3 rings (SSSR count). The van der Waals surface area contributed by atoms with Crippen LogP contribution in [-0.4, -0.2) is 24.5 Å². The van der Waals surface area contributed by atoms with Gasteiger partial charge in [-0.3, -0.25) is 4.79 Å².